The van der Waals surface area contributed by atoms with Crippen molar-refractivity contribution in [2.75, 3.05) is 6.54 Å². The van der Waals surface area contributed by atoms with E-state index in [9.17, 15) is 14.0 Å². The van der Waals surface area contributed by atoms with Gasteiger partial charge in [0.15, 0.2) is 0 Å². The summed E-state index contributed by atoms with van der Waals surface area (Å²) in [7, 11) is 0. The highest BCUT2D eigenvalue weighted by Crippen LogP contribution is 2.27. The van der Waals surface area contributed by atoms with Gasteiger partial charge in [-0.3, -0.25) is 14.5 Å². The largest absolute Gasteiger partial charge is 0.269 e. The minimum atomic E-state index is -0.540. The van der Waals surface area contributed by atoms with Gasteiger partial charge in [0.1, 0.15) is 5.83 Å². The van der Waals surface area contributed by atoms with Crippen molar-refractivity contribution < 1.29 is 14.0 Å². The van der Waals surface area contributed by atoms with Gasteiger partial charge in [0, 0.05) is 5.02 Å². The van der Waals surface area contributed by atoms with Gasteiger partial charge in [-0.1, -0.05) is 35.9 Å². The lowest BCUT2D eigenvalue weighted by Crippen LogP contribution is -2.31. The van der Waals surface area contributed by atoms with E-state index >= 15 is 0 Å². The van der Waals surface area contributed by atoms with E-state index in [2.05, 4.69) is 0 Å². The molecule has 0 aliphatic carbocycles. The molecule has 23 heavy (non-hydrogen) atoms. The number of amides is 2. The lowest BCUT2D eigenvalue weighted by atomic mass is 10.1. The van der Waals surface area contributed by atoms with Crippen LogP contribution in [0.1, 0.15) is 33.2 Å². The highest BCUT2D eigenvalue weighted by Gasteiger charge is 2.35. The van der Waals surface area contributed by atoms with Crippen LogP contribution in [0.2, 0.25) is 5.02 Å². The van der Waals surface area contributed by atoms with Crippen LogP contribution in [0.5, 0.6) is 0 Å². The zero-order chi connectivity index (χ0) is 16.6. The SMILES string of the molecule is CC(=C(F)CN1C(=O)c2ccccc2C1=O)c1cccc(Cl)c1. The van der Waals surface area contributed by atoms with Crippen LogP contribution in [0, 0.1) is 0 Å². The first-order valence-corrected chi connectivity index (χ1v) is 7.43. The zero-order valence-electron chi connectivity index (χ0n) is 12.3. The van der Waals surface area contributed by atoms with Crippen LogP contribution in [0.3, 0.4) is 0 Å². The summed E-state index contributed by atoms with van der Waals surface area (Å²) in [6, 6.07) is 13.3. The molecule has 0 radical (unpaired) electrons. The van der Waals surface area contributed by atoms with Gasteiger partial charge in [0.2, 0.25) is 0 Å². The Morgan fingerprint density at radius 2 is 1.65 bits per heavy atom. The first-order chi connectivity index (χ1) is 11.0. The fourth-order valence-corrected chi connectivity index (χ4v) is 2.71. The molecule has 0 saturated carbocycles. The Morgan fingerprint density at radius 3 is 2.22 bits per heavy atom. The number of fused-ring (bicyclic) bond motifs is 1. The van der Waals surface area contributed by atoms with Crippen LogP contribution in [0.15, 0.2) is 54.4 Å². The molecule has 0 fully saturated rings. The fraction of sp³-hybridized carbons (Fsp3) is 0.111. The number of carbonyl (C=O) groups excluding carboxylic acids is 2. The Morgan fingerprint density at radius 1 is 1.04 bits per heavy atom. The summed E-state index contributed by atoms with van der Waals surface area (Å²) in [5, 5.41) is 0.496. The highest BCUT2D eigenvalue weighted by atomic mass is 35.5. The molecule has 0 bridgehead atoms. The summed E-state index contributed by atoms with van der Waals surface area (Å²) in [4.78, 5) is 25.4. The molecule has 2 aromatic carbocycles. The third-order valence-electron chi connectivity index (χ3n) is 3.84. The molecule has 2 aromatic rings. The van der Waals surface area contributed by atoms with Crippen molar-refractivity contribution in [2.45, 2.75) is 6.92 Å². The summed E-state index contributed by atoms with van der Waals surface area (Å²) < 4.78 is 14.5. The third-order valence-corrected chi connectivity index (χ3v) is 4.07. The molecule has 0 aromatic heterocycles. The van der Waals surface area contributed by atoms with E-state index in [1.54, 1.807) is 55.5 Å². The van der Waals surface area contributed by atoms with E-state index in [-0.39, 0.29) is 6.54 Å². The Bertz CT molecular complexity index is 809. The molecule has 0 unspecified atom stereocenters. The Labute approximate surface area is 138 Å². The van der Waals surface area contributed by atoms with E-state index < -0.39 is 17.6 Å². The molecule has 0 N–H and O–H groups in total. The molecule has 3 nitrogen and oxygen atoms in total. The normalized spacial score (nSPS) is 14.8. The maximum atomic E-state index is 14.5. The van der Waals surface area contributed by atoms with E-state index in [1.165, 1.54) is 0 Å². The lowest BCUT2D eigenvalue weighted by Gasteiger charge is -2.14. The zero-order valence-corrected chi connectivity index (χ0v) is 13.1. The van der Waals surface area contributed by atoms with Crippen molar-refractivity contribution in [3.05, 3.63) is 76.1 Å². The Balaban J connectivity index is 1.89. The monoisotopic (exact) mass is 329 g/mol. The van der Waals surface area contributed by atoms with Gasteiger partial charge in [-0.2, -0.15) is 0 Å². The molecule has 1 heterocycles. The second kappa shape index (κ2) is 5.97. The minimum Gasteiger partial charge on any atom is -0.269 e. The molecule has 5 heteroatoms. The maximum Gasteiger partial charge on any atom is 0.261 e. The van der Waals surface area contributed by atoms with Crippen molar-refractivity contribution in [1.82, 2.24) is 4.90 Å². The molecular weight excluding hydrogens is 317 g/mol. The van der Waals surface area contributed by atoms with Crippen LogP contribution in [0.25, 0.3) is 5.57 Å². The van der Waals surface area contributed by atoms with Gasteiger partial charge in [-0.25, -0.2) is 4.39 Å². The molecule has 0 spiro atoms. The number of halogens is 2. The second-order valence-corrected chi connectivity index (χ2v) is 5.72. The number of benzene rings is 2. The van der Waals surface area contributed by atoms with Gasteiger partial charge in [-0.15, -0.1) is 0 Å². The number of hydrogen-bond acceptors (Lipinski definition) is 2. The van der Waals surface area contributed by atoms with E-state index in [0.29, 0.717) is 27.3 Å². The van der Waals surface area contributed by atoms with Crippen LogP contribution in [0.4, 0.5) is 4.39 Å². The number of imide groups is 1. The van der Waals surface area contributed by atoms with Gasteiger partial charge >= 0.3 is 0 Å². The van der Waals surface area contributed by atoms with Crippen molar-refractivity contribution in [3.8, 4) is 0 Å². The van der Waals surface area contributed by atoms with Gasteiger partial charge in [0.05, 0.1) is 17.7 Å². The first kappa shape index (κ1) is 15.4. The summed E-state index contributed by atoms with van der Waals surface area (Å²) in [6.07, 6.45) is 0. The van der Waals surface area contributed by atoms with Gasteiger partial charge in [0.25, 0.3) is 11.8 Å². The quantitative estimate of drug-likeness (QED) is 0.786. The average molecular weight is 330 g/mol. The standard InChI is InChI=1S/C18H13ClFNO2/c1-11(12-5-4-6-13(19)9-12)16(20)10-21-17(22)14-7-2-3-8-15(14)18(21)23/h2-9H,10H2,1H3. The maximum absolute atomic E-state index is 14.5. The molecule has 2 amide bonds. The summed E-state index contributed by atoms with van der Waals surface area (Å²) in [6.45, 7) is 1.21. The topological polar surface area (TPSA) is 37.4 Å². The first-order valence-electron chi connectivity index (χ1n) is 7.05. The minimum absolute atomic E-state index is 0.311. The van der Waals surface area contributed by atoms with Crippen LogP contribution in [-0.2, 0) is 0 Å². The van der Waals surface area contributed by atoms with Crippen LogP contribution < -0.4 is 0 Å². The molecule has 116 valence electrons. The molecule has 0 atom stereocenters. The van der Waals surface area contributed by atoms with Crippen molar-refractivity contribution in [1.29, 1.82) is 0 Å². The van der Waals surface area contributed by atoms with Gasteiger partial charge in [-0.05, 0) is 42.3 Å². The lowest BCUT2D eigenvalue weighted by molar-refractivity contribution is 0.0660. The van der Waals surface area contributed by atoms with Crippen molar-refractivity contribution in [3.63, 3.8) is 0 Å². The number of nitrogens with zero attached hydrogens (tertiary/aromatic N) is 1. The average Bonchev–Trinajstić information content (AvgIpc) is 2.79. The number of rotatable bonds is 3. The van der Waals surface area contributed by atoms with E-state index in [1.807, 2.05) is 0 Å². The molecule has 1 aliphatic heterocycles. The fourth-order valence-electron chi connectivity index (χ4n) is 2.52. The predicted molar refractivity (Wildman–Crippen MR) is 87.0 cm³/mol. The molecule has 1 aliphatic rings. The van der Waals surface area contributed by atoms with E-state index in [4.69, 9.17) is 11.6 Å². The number of carbonyl (C=O) groups is 2. The smallest absolute Gasteiger partial charge is 0.261 e. The van der Waals surface area contributed by atoms with E-state index in [0.717, 1.165) is 4.90 Å². The Hall–Kier alpha value is -2.46. The number of allylic oxidation sites excluding steroid dienone is 1. The predicted octanol–water partition coefficient (Wildman–Crippen LogP) is 4.34. The Kier molecular flexibility index (Phi) is 4.01. The van der Waals surface area contributed by atoms with Crippen molar-refractivity contribution in [2.24, 2.45) is 0 Å². The summed E-state index contributed by atoms with van der Waals surface area (Å²) >= 11 is 5.91. The highest BCUT2D eigenvalue weighted by molar-refractivity contribution is 6.30. The van der Waals surface area contributed by atoms with Gasteiger partial charge < -0.3 is 0 Å². The van der Waals surface area contributed by atoms with Crippen LogP contribution >= 0.6 is 11.6 Å². The molecule has 3 rings (SSSR count). The van der Waals surface area contributed by atoms with Crippen LogP contribution in [-0.4, -0.2) is 23.3 Å². The second-order valence-electron chi connectivity index (χ2n) is 5.28. The van der Waals surface area contributed by atoms with Crippen molar-refractivity contribution >= 4 is 29.0 Å². The third kappa shape index (κ3) is 2.78. The number of hydrogen-bond donors (Lipinski definition) is 0. The molecule has 0 saturated heterocycles. The summed E-state index contributed by atoms with van der Waals surface area (Å²) in [5.74, 6) is -1.49. The molecular formula is C18H13ClFNO2. The summed E-state index contributed by atoms with van der Waals surface area (Å²) in [5.41, 5.74) is 1.59.